The lowest BCUT2D eigenvalue weighted by Crippen LogP contribution is -2.42. The number of allylic oxidation sites excluding steroid dienone is 2. The van der Waals surface area contributed by atoms with Crippen molar-refractivity contribution in [3.05, 3.63) is 130 Å². The zero-order chi connectivity index (χ0) is 25.6. The first-order chi connectivity index (χ1) is 18.0. The smallest absolute Gasteiger partial charge is 0.0679 e. The van der Waals surface area contributed by atoms with Gasteiger partial charge in [0.15, 0.2) is 0 Å². The molecule has 0 fully saturated rings. The van der Waals surface area contributed by atoms with E-state index < -0.39 is 8.07 Å². The Labute approximate surface area is 223 Å². The Bertz CT molecular complexity index is 1510. The minimum atomic E-state index is -1.89. The van der Waals surface area contributed by atoms with Crippen molar-refractivity contribution in [2.24, 2.45) is 0 Å². The first kappa shape index (κ1) is 23.9. The summed E-state index contributed by atoms with van der Waals surface area (Å²) in [6.45, 7) is 10.0. The zero-order valence-electron chi connectivity index (χ0n) is 22.5. The van der Waals surface area contributed by atoms with Gasteiger partial charge in [-0.2, -0.15) is 0 Å². The van der Waals surface area contributed by atoms with Gasteiger partial charge in [-0.1, -0.05) is 147 Å². The van der Waals surface area contributed by atoms with Crippen molar-refractivity contribution in [3.8, 4) is 22.3 Å². The van der Waals surface area contributed by atoms with Crippen molar-refractivity contribution >= 4 is 20.2 Å². The van der Waals surface area contributed by atoms with E-state index in [1.807, 2.05) is 0 Å². The van der Waals surface area contributed by atoms with Gasteiger partial charge in [-0.25, -0.2) is 0 Å². The molecule has 4 aromatic carbocycles. The molecule has 6 rings (SSSR count). The standard InChI is InChI=1S/C36H36Si/c1-5-14-28-24-34-30(27-17-10-7-11-18-27)20-13-22-32(34)36(28)37(3,4)35-25(2)23-33-29(19-12-21-31(33)35)26-15-8-6-9-16-26/h6-13,15-24,35-36H,5,14H2,1-4H3. The Morgan fingerprint density at radius 1 is 0.595 bits per heavy atom. The third-order valence-electron chi connectivity index (χ3n) is 8.63. The van der Waals surface area contributed by atoms with E-state index in [1.165, 1.54) is 46.2 Å². The van der Waals surface area contributed by atoms with E-state index in [9.17, 15) is 0 Å². The van der Waals surface area contributed by atoms with Crippen molar-refractivity contribution in [1.82, 2.24) is 0 Å². The van der Waals surface area contributed by atoms with Crippen LogP contribution >= 0.6 is 0 Å². The van der Waals surface area contributed by atoms with Gasteiger partial charge in [0.1, 0.15) is 0 Å². The quantitative estimate of drug-likeness (QED) is 0.233. The fourth-order valence-electron chi connectivity index (χ4n) is 7.29. The highest BCUT2D eigenvalue weighted by Gasteiger charge is 2.47. The maximum Gasteiger partial charge on any atom is 0.0722 e. The maximum absolute atomic E-state index is 2.65. The highest BCUT2D eigenvalue weighted by molar-refractivity contribution is 6.81. The number of benzene rings is 4. The van der Waals surface area contributed by atoms with Gasteiger partial charge >= 0.3 is 0 Å². The molecule has 184 valence electrons. The molecule has 2 atom stereocenters. The van der Waals surface area contributed by atoms with E-state index in [0.717, 1.165) is 0 Å². The van der Waals surface area contributed by atoms with Crippen LogP contribution in [0.2, 0.25) is 13.1 Å². The highest BCUT2D eigenvalue weighted by Crippen LogP contribution is 2.55. The Kier molecular flexibility index (Phi) is 6.13. The largest absolute Gasteiger partial charge is 0.0722 e. The molecule has 0 amide bonds. The third-order valence-corrected chi connectivity index (χ3v) is 13.1. The van der Waals surface area contributed by atoms with Crippen LogP contribution in [0.15, 0.2) is 108 Å². The summed E-state index contributed by atoms with van der Waals surface area (Å²) in [4.78, 5) is 0. The molecule has 4 aromatic rings. The average molecular weight is 497 g/mol. The van der Waals surface area contributed by atoms with Crippen molar-refractivity contribution in [2.75, 3.05) is 0 Å². The van der Waals surface area contributed by atoms with Gasteiger partial charge in [0, 0.05) is 11.1 Å². The molecule has 2 unspecified atom stereocenters. The van der Waals surface area contributed by atoms with Gasteiger partial charge in [-0.05, 0) is 57.9 Å². The van der Waals surface area contributed by atoms with Crippen LogP contribution in [-0.2, 0) is 0 Å². The van der Waals surface area contributed by atoms with Crippen LogP contribution in [0, 0.1) is 0 Å². The molecule has 0 bridgehead atoms. The van der Waals surface area contributed by atoms with Crippen molar-refractivity contribution < 1.29 is 0 Å². The average Bonchev–Trinajstić information content (AvgIpc) is 3.47. The van der Waals surface area contributed by atoms with E-state index >= 15 is 0 Å². The number of rotatable bonds is 6. The van der Waals surface area contributed by atoms with Crippen LogP contribution in [0.3, 0.4) is 0 Å². The lowest BCUT2D eigenvalue weighted by Gasteiger charge is -2.39. The molecule has 0 radical (unpaired) electrons. The predicted molar refractivity (Wildman–Crippen MR) is 163 cm³/mol. The van der Waals surface area contributed by atoms with Gasteiger partial charge in [0.05, 0.1) is 8.07 Å². The van der Waals surface area contributed by atoms with E-state index in [2.05, 4.69) is 136 Å². The van der Waals surface area contributed by atoms with E-state index in [1.54, 1.807) is 22.3 Å². The SMILES string of the molecule is CCCC1=Cc2c(-c3ccccc3)cccc2C1[Si](C)(C)C1C(C)=Cc2c(-c3ccccc3)cccc21. The second-order valence-electron chi connectivity index (χ2n) is 11.4. The van der Waals surface area contributed by atoms with Crippen LogP contribution in [0.1, 0.15) is 60.0 Å². The summed E-state index contributed by atoms with van der Waals surface area (Å²) in [5.41, 5.74) is 15.6. The van der Waals surface area contributed by atoms with Crippen molar-refractivity contribution in [2.45, 2.75) is 50.9 Å². The molecule has 0 aromatic heterocycles. The van der Waals surface area contributed by atoms with Gasteiger partial charge in [0.25, 0.3) is 0 Å². The molecule has 0 aliphatic heterocycles. The summed E-state index contributed by atoms with van der Waals surface area (Å²) in [5, 5.41) is 0. The Morgan fingerprint density at radius 3 is 1.65 bits per heavy atom. The predicted octanol–water partition coefficient (Wildman–Crippen LogP) is 10.3. The molecule has 0 saturated carbocycles. The molecule has 0 saturated heterocycles. The molecular weight excluding hydrogens is 460 g/mol. The van der Waals surface area contributed by atoms with Gasteiger partial charge < -0.3 is 0 Å². The fraction of sp³-hybridized carbons (Fsp3) is 0.222. The molecular formula is C36H36Si. The molecule has 37 heavy (non-hydrogen) atoms. The van der Waals surface area contributed by atoms with Crippen LogP contribution in [0.4, 0.5) is 0 Å². The van der Waals surface area contributed by atoms with Crippen LogP contribution < -0.4 is 0 Å². The summed E-state index contributed by atoms with van der Waals surface area (Å²) < 4.78 is 0. The number of hydrogen-bond donors (Lipinski definition) is 0. The molecule has 2 aliphatic rings. The minimum Gasteiger partial charge on any atom is -0.0679 e. The zero-order valence-corrected chi connectivity index (χ0v) is 23.5. The Balaban J connectivity index is 1.48. The van der Waals surface area contributed by atoms with Gasteiger partial charge in [-0.3, -0.25) is 0 Å². The molecule has 0 spiro atoms. The molecule has 2 aliphatic carbocycles. The first-order valence-electron chi connectivity index (χ1n) is 13.8. The monoisotopic (exact) mass is 496 g/mol. The van der Waals surface area contributed by atoms with Crippen LogP contribution in [-0.4, -0.2) is 8.07 Å². The summed E-state index contributed by atoms with van der Waals surface area (Å²) in [7, 11) is -1.89. The maximum atomic E-state index is 2.65. The van der Waals surface area contributed by atoms with Crippen molar-refractivity contribution in [3.63, 3.8) is 0 Å². The third kappa shape index (κ3) is 3.97. The number of fused-ring (bicyclic) bond motifs is 2. The summed E-state index contributed by atoms with van der Waals surface area (Å²) in [6.07, 6.45) is 7.43. The normalized spacial score (nSPS) is 18.3. The fourth-order valence-corrected chi connectivity index (χ4v) is 12.2. The first-order valence-corrected chi connectivity index (χ1v) is 16.9. The van der Waals surface area contributed by atoms with Crippen LogP contribution in [0.25, 0.3) is 34.4 Å². The van der Waals surface area contributed by atoms with E-state index in [0.29, 0.717) is 11.1 Å². The van der Waals surface area contributed by atoms with Crippen LogP contribution in [0.5, 0.6) is 0 Å². The second kappa shape index (κ2) is 9.47. The van der Waals surface area contributed by atoms with E-state index in [4.69, 9.17) is 0 Å². The lowest BCUT2D eigenvalue weighted by atomic mass is 9.97. The second-order valence-corrected chi connectivity index (χ2v) is 16.2. The highest BCUT2D eigenvalue weighted by atomic mass is 28.3. The molecule has 1 heteroatoms. The summed E-state index contributed by atoms with van der Waals surface area (Å²) in [5.74, 6) is 0. The Hall–Kier alpha value is -3.42. The topological polar surface area (TPSA) is 0 Å². The van der Waals surface area contributed by atoms with E-state index in [-0.39, 0.29) is 0 Å². The van der Waals surface area contributed by atoms with Gasteiger partial charge in [0.2, 0.25) is 0 Å². The van der Waals surface area contributed by atoms with Gasteiger partial charge in [-0.15, -0.1) is 0 Å². The van der Waals surface area contributed by atoms with Crippen molar-refractivity contribution in [1.29, 1.82) is 0 Å². The lowest BCUT2D eigenvalue weighted by molar-refractivity contribution is 0.847. The molecule has 0 N–H and O–H groups in total. The molecule has 0 heterocycles. The number of hydrogen-bond acceptors (Lipinski definition) is 0. The molecule has 0 nitrogen and oxygen atoms in total. The summed E-state index contributed by atoms with van der Waals surface area (Å²) in [6, 6.07) is 35.9. The minimum absolute atomic E-state index is 0.516. The Morgan fingerprint density at radius 2 is 1.11 bits per heavy atom. The summed E-state index contributed by atoms with van der Waals surface area (Å²) >= 11 is 0.